The second-order valence-corrected chi connectivity index (χ2v) is 3.70. The van der Waals surface area contributed by atoms with Gasteiger partial charge < -0.3 is 5.11 Å². The Balaban J connectivity index is 2.25. The van der Waals surface area contributed by atoms with Crippen LogP contribution in [0.15, 0.2) is 28.3 Å². The van der Waals surface area contributed by atoms with Crippen LogP contribution in [0.5, 0.6) is 0 Å². The fraction of sp³-hybridized carbons (Fsp3) is 0.0833. The van der Waals surface area contributed by atoms with Gasteiger partial charge in [-0.05, 0) is 22.9 Å². The normalized spacial score (nSPS) is 15.6. The molecule has 0 unspecified atom stereocenters. The Hall–Kier alpha value is -2.23. The number of carboxylic acid groups (broad SMARTS) is 1. The van der Waals surface area contributed by atoms with Crippen molar-refractivity contribution >= 4 is 24.0 Å². The summed E-state index contributed by atoms with van der Waals surface area (Å²) in [5.41, 5.74) is 2.20. The van der Waals surface area contributed by atoms with E-state index in [1.807, 2.05) is 18.2 Å². The first-order chi connectivity index (χ1) is 7.75. The van der Waals surface area contributed by atoms with Gasteiger partial charge in [0.1, 0.15) is 5.71 Å². The Morgan fingerprint density at radius 3 is 3.00 bits per heavy atom. The van der Waals surface area contributed by atoms with E-state index in [0.717, 1.165) is 21.7 Å². The average molecular weight is 212 g/mol. The van der Waals surface area contributed by atoms with E-state index in [1.165, 1.54) is 0 Å². The zero-order chi connectivity index (χ0) is 11.1. The van der Waals surface area contributed by atoms with Gasteiger partial charge in [-0.25, -0.2) is 4.79 Å². The molecule has 2 heterocycles. The Morgan fingerprint density at radius 1 is 1.31 bits per heavy atom. The summed E-state index contributed by atoms with van der Waals surface area (Å²) in [6, 6.07) is 3.85. The molecule has 0 bridgehead atoms. The number of rotatable bonds is 1. The molecule has 1 N–H and O–H groups in total. The van der Waals surface area contributed by atoms with E-state index in [1.54, 1.807) is 12.4 Å². The third-order valence-corrected chi connectivity index (χ3v) is 2.78. The van der Waals surface area contributed by atoms with Crippen molar-refractivity contribution in [3.05, 3.63) is 40.0 Å². The third kappa shape index (κ3) is 1.20. The number of carboxylic acids is 1. The fourth-order valence-electron chi connectivity index (χ4n) is 1.97. The first-order valence-electron chi connectivity index (χ1n) is 4.92. The molecule has 0 atom stereocenters. The topological polar surface area (TPSA) is 62.0 Å². The van der Waals surface area contributed by atoms with Crippen molar-refractivity contribution in [2.45, 2.75) is 6.42 Å². The minimum Gasteiger partial charge on any atom is -0.477 e. The van der Waals surface area contributed by atoms with Crippen LogP contribution >= 0.6 is 0 Å². The zero-order valence-electron chi connectivity index (χ0n) is 8.34. The van der Waals surface area contributed by atoms with E-state index in [2.05, 4.69) is 9.98 Å². The smallest absolute Gasteiger partial charge is 0.350 e. The molecule has 16 heavy (non-hydrogen) atoms. The quantitative estimate of drug-likeness (QED) is 0.718. The van der Waals surface area contributed by atoms with Gasteiger partial charge in [-0.2, -0.15) is 0 Å². The minimum atomic E-state index is -0.960. The van der Waals surface area contributed by atoms with Gasteiger partial charge in [-0.3, -0.25) is 9.98 Å². The fourth-order valence-corrected chi connectivity index (χ4v) is 1.97. The van der Waals surface area contributed by atoms with Crippen molar-refractivity contribution in [1.82, 2.24) is 0 Å². The second-order valence-electron chi connectivity index (χ2n) is 3.70. The summed E-state index contributed by atoms with van der Waals surface area (Å²) in [5, 5.41) is 10.8. The summed E-state index contributed by atoms with van der Waals surface area (Å²) in [7, 11) is 0. The minimum absolute atomic E-state index is 0.182. The maximum Gasteiger partial charge on any atom is 0.350 e. The Labute approximate surface area is 91.0 Å². The monoisotopic (exact) mass is 212 g/mol. The molecule has 1 aromatic rings. The summed E-state index contributed by atoms with van der Waals surface area (Å²) in [6.07, 6.45) is 5.61. The van der Waals surface area contributed by atoms with Crippen LogP contribution in [0.25, 0.3) is 12.3 Å². The van der Waals surface area contributed by atoms with Crippen LogP contribution in [0.2, 0.25) is 0 Å². The highest BCUT2D eigenvalue weighted by molar-refractivity contribution is 6.36. The van der Waals surface area contributed by atoms with Crippen LogP contribution < -0.4 is 10.6 Å². The van der Waals surface area contributed by atoms with E-state index < -0.39 is 5.97 Å². The summed E-state index contributed by atoms with van der Waals surface area (Å²) in [5.74, 6) is -0.960. The number of benzene rings is 1. The first-order valence-corrected chi connectivity index (χ1v) is 4.92. The number of fused-ring (bicyclic) bond motifs is 3. The average Bonchev–Trinajstić information content (AvgIpc) is 2.76. The van der Waals surface area contributed by atoms with E-state index >= 15 is 0 Å². The lowest BCUT2D eigenvalue weighted by molar-refractivity contribution is -0.129. The standard InChI is InChI=1S/C12H8N2O2/c15-12(16)11-5-9-7(6-14-11)1-2-10-8(9)3-4-13-10/h1-4,6H,5H2,(H,15,16). The number of hydrogen-bond donors (Lipinski definition) is 1. The lowest BCUT2D eigenvalue weighted by atomic mass is 9.98. The molecule has 0 saturated heterocycles. The van der Waals surface area contributed by atoms with E-state index in [4.69, 9.17) is 5.11 Å². The maximum atomic E-state index is 10.9. The van der Waals surface area contributed by atoms with E-state index in [-0.39, 0.29) is 5.71 Å². The van der Waals surface area contributed by atoms with Crippen molar-refractivity contribution < 1.29 is 9.90 Å². The molecule has 0 radical (unpaired) electrons. The second kappa shape index (κ2) is 3.13. The lowest BCUT2D eigenvalue weighted by Gasteiger charge is -2.09. The molecular weight excluding hydrogens is 204 g/mol. The maximum absolute atomic E-state index is 10.9. The van der Waals surface area contributed by atoms with Gasteiger partial charge in [-0.1, -0.05) is 6.07 Å². The van der Waals surface area contributed by atoms with Crippen molar-refractivity contribution in [2.75, 3.05) is 0 Å². The highest BCUT2D eigenvalue weighted by Gasteiger charge is 2.17. The Bertz CT molecular complexity index is 669. The third-order valence-electron chi connectivity index (χ3n) is 2.78. The molecule has 78 valence electrons. The number of hydrogen-bond acceptors (Lipinski definition) is 3. The molecule has 0 spiro atoms. The highest BCUT2D eigenvalue weighted by atomic mass is 16.4. The number of nitrogens with zero attached hydrogens (tertiary/aromatic N) is 2. The molecular formula is C12H8N2O2. The van der Waals surface area contributed by atoms with Gasteiger partial charge in [0, 0.05) is 24.4 Å². The highest BCUT2D eigenvalue weighted by Crippen LogP contribution is 2.10. The van der Waals surface area contributed by atoms with Gasteiger partial charge in [0.25, 0.3) is 0 Å². The molecule has 0 fully saturated rings. The largest absolute Gasteiger partial charge is 0.477 e. The number of aliphatic imine (C=N–C) groups is 1. The van der Waals surface area contributed by atoms with Crippen LogP contribution in [0, 0.1) is 0 Å². The van der Waals surface area contributed by atoms with Crippen LogP contribution in [0.4, 0.5) is 0 Å². The molecule has 4 nitrogen and oxygen atoms in total. The van der Waals surface area contributed by atoms with E-state index in [9.17, 15) is 4.79 Å². The lowest BCUT2D eigenvalue weighted by Crippen LogP contribution is -2.27. The summed E-state index contributed by atoms with van der Waals surface area (Å²) in [4.78, 5) is 19.0. The first kappa shape index (κ1) is 9.03. The van der Waals surface area contributed by atoms with E-state index in [0.29, 0.717) is 6.42 Å². The predicted octanol–water partition coefficient (Wildman–Crippen LogP) is 0.110. The zero-order valence-corrected chi connectivity index (χ0v) is 8.34. The molecule has 0 aromatic heterocycles. The molecule has 0 aliphatic carbocycles. The number of aliphatic carboxylic acids is 1. The Morgan fingerprint density at radius 2 is 2.19 bits per heavy atom. The van der Waals surface area contributed by atoms with Gasteiger partial charge in [0.05, 0.1) is 5.36 Å². The van der Waals surface area contributed by atoms with Crippen LogP contribution in [0.3, 0.4) is 0 Å². The van der Waals surface area contributed by atoms with Crippen molar-refractivity contribution in [1.29, 1.82) is 0 Å². The van der Waals surface area contributed by atoms with Gasteiger partial charge >= 0.3 is 5.97 Å². The summed E-state index contributed by atoms with van der Waals surface area (Å²) < 4.78 is 0. The Kier molecular flexibility index (Phi) is 1.77. The molecule has 2 aliphatic rings. The van der Waals surface area contributed by atoms with Gasteiger partial charge in [0.15, 0.2) is 0 Å². The molecule has 3 rings (SSSR count). The summed E-state index contributed by atoms with van der Waals surface area (Å²) >= 11 is 0. The van der Waals surface area contributed by atoms with Gasteiger partial charge in [0.2, 0.25) is 0 Å². The molecule has 1 aromatic carbocycles. The predicted molar refractivity (Wildman–Crippen MR) is 59.5 cm³/mol. The SMILES string of the molecule is O=C(O)C1=NC=c2ccc3c(c2C1)C=CN=3. The molecule has 4 heteroatoms. The number of carbonyl (C=O) groups is 1. The van der Waals surface area contributed by atoms with Crippen LogP contribution in [0.1, 0.15) is 11.1 Å². The van der Waals surface area contributed by atoms with Crippen LogP contribution in [-0.2, 0) is 11.2 Å². The molecule has 0 amide bonds. The molecule has 0 saturated carbocycles. The summed E-state index contributed by atoms with van der Waals surface area (Å²) in [6.45, 7) is 0. The van der Waals surface area contributed by atoms with Crippen molar-refractivity contribution in [2.24, 2.45) is 9.98 Å². The van der Waals surface area contributed by atoms with Gasteiger partial charge in [-0.15, -0.1) is 0 Å². The molecule has 2 aliphatic heterocycles. The van der Waals surface area contributed by atoms with Crippen molar-refractivity contribution in [3.8, 4) is 0 Å². The van der Waals surface area contributed by atoms with Crippen molar-refractivity contribution in [3.63, 3.8) is 0 Å². The van der Waals surface area contributed by atoms with Crippen LogP contribution in [-0.4, -0.2) is 16.8 Å².